The molecule has 0 aliphatic rings. The van der Waals surface area contributed by atoms with Gasteiger partial charge in [0.25, 0.3) is 0 Å². The molecular weight excluding hydrogens is 221 g/mol. The minimum atomic E-state index is -4.42. The fourth-order valence-electron chi connectivity index (χ4n) is 1.36. The quantitative estimate of drug-likeness (QED) is 0.763. The molecule has 0 aliphatic carbocycles. The fourth-order valence-corrected chi connectivity index (χ4v) is 1.36. The summed E-state index contributed by atoms with van der Waals surface area (Å²) in [6.07, 6.45) is -3.68. The van der Waals surface area contributed by atoms with Crippen molar-refractivity contribution in [1.82, 2.24) is 9.97 Å². The van der Waals surface area contributed by atoms with Gasteiger partial charge in [-0.3, -0.25) is 4.79 Å². The fraction of sp³-hybridized carbons (Fsp3) is 0.200. The van der Waals surface area contributed by atoms with Crippen LogP contribution < -0.4 is 0 Å². The standard InChI is InChI=1S/C10H7F3N2O/c1-5(16)8-3-6-2-7(10(11,12)13)4-14-9(6)15-8/h2-4H,1H3,(H,14,15). The SMILES string of the molecule is CC(=O)c1cc2cc(C(F)(F)F)cnc2[nH]1. The maximum atomic E-state index is 12.4. The second-order valence-electron chi connectivity index (χ2n) is 3.40. The Balaban J connectivity index is 2.58. The lowest BCUT2D eigenvalue weighted by atomic mass is 10.2. The molecule has 2 aromatic rings. The molecule has 0 amide bonds. The molecule has 0 aliphatic heterocycles. The van der Waals surface area contributed by atoms with Crippen LogP contribution in [0.25, 0.3) is 11.0 Å². The van der Waals surface area contributed by atoms with Crippen molar-refractivity contribution in [2.75, 3.05) is 0 Å². The molecule has 1 N–H and O–H groups in total. The van der Waals surface area contributed by atoms with Gasteiger partial charge in [0.2, 0.25) is 0 Å². The maximum absolute atomic E-state index is 12.4. The Morgan fingerprint density at radius 2 is 2.06 bits per heavy atom. The molecule has 0 radical (unpaired) electrons. The molecule has 0 saturated heterocycles. The minimum Gasteiger partial charge on any atom is -0.337 e. The number of Topliss-reactive ketones (excluding diaryl/α,β-unsaturated/α-hetero) is 1. The van der Waals surface area contributed by atoms with Crippen molar-refractivity contribution in [1.29, 1.82) is 0 Å². The van der Waals surface area contributed by atoms with Crippen molar-refractivity contribution in [3.8, 4) is 0 Å². The Hall–Kier alpha value is -1.85. The first kappa shape index (κ1) is 10.7. The van der Waals surface area contributed by atoms with E-state index >= 15 is 0 Å². The van der Waals surface area contributed by atoms with Gasteiger partial charge in [0.1, 0.15) is 5.65 Å². The first-order chi connectivity index (χ1) is 7.38. The number of nitrogens with zero attached hydrogens (tertiary/aromatic N) is 1. The number of aromatic nitrogens is 2. The summed E-state index contributed by atoms with van der Waals surface area (Å²) in [4.78, 5) is 17.3. The highest BCUT2D eigenvalue weighted by molar-refractivity contribution is 5.97. The van der Waals surface area contributed by atoms with Crippen LogP contribution in [0.1, 0.15) is 23.0 Å². The highest BCUT2D eigenvalue weighted by Gasteiger charge is 2.31. The zero-order valence-corrected chi connectivity index (χ0v) is 8.22. The molecule has 2 heterocycles. The van der Waals surface area contributed by atoms with Gasteiger partial charge in [-0.1, -0.05) is 0 Å². The number of aromatic amines is 1. The first-order valence-corrected chi connectivity index (χ1v) is 4.45. The smallest absolute Gasteiger partial charge is 0.337 e. The molecule has 0 spiro atoms. The van der Waals surface area contributed by atoms with Crippen LogP contribution in [0, 0.1) is 0 Å². The summed E-state index contributed by atoms with van der Waals surface area (Å²) < 4.78 is 37.1. The molecule has 3 nitrogen and oxygen atoms in total. The number of hydrogen-bond acceptors (Lipinski definition) is 2. The van der Waals surface area contributed by atoms with Crippen molar-refractivity contribution in [2.24, 2.45) is 0 Å². The normalized spacial score (nSPS) is 12.0. The average molecular weight is 228 g/mol. The second kappa shape index (κ2) is 3.33. The lowest BCUT2D eigenvalue weighted by Crippen LogP contribution is -2.04. The van der Waals surface area contributed by atoms with E-state index in [9.17, 15) is 18.0 Å². The summed E-state index contributed by atoms with van der Waals surface area (Å²) in [6.45, 7) is 1.33. The topological polar surface area (TPSA) is 45.8 Å². The molecule has 84 valence electrons. The van der Waals surface area contributed by atoms with E-state index in [0.717, 1.165) is 12.3 Å². The predicted octanol–water partition coefficient (Wildman–Crippen LogP) is 2.78. The summed E-state index contributed by atoms with van der Waals surface area (Å²) in [6, 6.07) is 2.32. The van der Waals surface area contributed by atoms with E-state index in [-0.39, 0.29) is 22.5 Å². The Morgan fingerprint density at radius 3 is 2.62 bits per heavy atom. The van der Waals surface area contributed by atoms with Gasteiger partial charge in [0.05, 0.1) is 11.3 Å². The van der Waals surface area contributed by atoms with Crippen LogP contribution in [-0.2, 0) is 6.18 Å². The van der Waals surface area contributed by atoms with E-state index in [1.54, 1.807) is 0 Å². The van der Waals surface area contributed by atoms with Gasteiger partial charge in [-0.25, -0.2) is 4.98 Å². The zero-order valence-electron chi connectivity index (χ0n) is 8.22. The number of pyridine rings is 1. The van der Waals surface area contributed by atoms with Gasteiger partial charge < -0.3 is 4.98 Å². The number of nitrogens with one attached hydrogen (secondary N) is 1. The zero-order chi connectivity index (χ0) is 11.9. The summed E-state index contributed by atoms with van der Waals surface area (Å²) >= 11 is 0. The predicted molar refractivity (Wildman–Crippen MR) is 51.1 cm³/mol. The number of alkyl halides is 3. The molecule has 0 unspecified atom stereocenters. The molecule has 0 aromatic carbocycles. The first-order valence-electron chi connectivity index (χ1n) is 4.45. The lowest BCUT2D eigenvalue weighted by molar-refractivity contribution is -0.137. The maximum Gasteiger partial charge on any atom is 0.417 e. The van der Waals surface area contributed by atoms with E-state index in [0.29, 0.717) is 0 Å². The molecule has 0 saturated carbocycles. The van der Waals surface area contributed by atoms with Gasteiger partial charge >= 0.3 is 6.18 Å². The number of halogens is 3. The number of fused-ring (bicyclic) bond motifs is 1. The minimum absolute atomic E-state index is 0.244. The highest BCUT2D eigenvalue weighted by Crippen LogP contribution is 2.30. The Morgan fingerprint density at radius 1 is 1.38 bits per heavy atom. The summed E-state index contributed by atoms with van der Waals surface area (Å²) in [5.41, 5.74) is -0.297. The van der Waals surface area contributed by atoms with Crippen molar-refractivity contribution in [2.45, 2.75) is 13.1 Å². The van der Waals surface area contributed by atoms with Gasteiger partial charge in [0, 0.05) is 18.5 Å². The van der Waals surface area contributed by atoms with E-state index in [1.165, 1.54) is 13.0 Å². The van der Waals surface area contributed by atoms with Crippen LogP contribution in [0.3, 0.4) is 0 Å². The van der Waals surface area contributed by atoms with Gasteiger partial charge in [-0.05, 0) is 12.1 Å². The van der Waals surface area contributed by atoms with E-state index < -0.39 is 11.7 Å². The number of carbonyl (C=O) groups is 1. The number of H-pyrrole nitrogens is 1. The van der Waals surface area contributed by atoms with Crippen LogP contribution in [0.4, 0.5) is 13.2 Å². The molecule has 16 heavy (non-hydrogen) atoms. The summed E-state index contributed by atoms with van der Waals surface area (Å²) in [5.74, 6) is -0.244. The van der Waals surface area contributed by atoms with Crippen LogP contribution in [0.2, 0.25) is 0 Å². The molecule has 2 rings (SSSR count). The van der Waals surface area contributed by atoms with Crippen molar-refractivity contribution >= 4 is 16.8 Å². The van der Waals surface area contributed by atoms with Crippen LogP contribution in [-0.4, -0.2) is 15.8 Å². The summed E-state index contributed by atoms with van der Waals surface area (Å²) in [5, 5.41) is 0.278. The van der Waals surface area contributed by atoms with E-state index in [2.05, 4.69) is 9.97 Å². The number of hydrogen-bond donors (Lipinski definition) is 1. The summed E-state index contributed by atoms with van der Waals surface area (Å²) in [7, 11) is 0. The number of carbonyl (C=O) groups excluding carboxylic acids is 1. The number of ketones is 1. The Kier molecular flexibility index (Phi) is 2.22. The third kappa shape index (κ3) is 1.78. The largest absolute Gasteiger partial charge is 0.417 e. The molecular formula is C10H7F3N2O. The van der Waals surface area contributed by atoms with Crippen LogP contribution >= 0.6 is 0 Å². The van der Waals surface area contributed by atoms with Gasteiger partial charge in [0.15, 0.2) is 5.78 Å². The van der Waals surface area contributed by atoms with Crippen molar-refractivity contribution in [3.05, 3.63) is 29.6 Å². The highest BCUT2D eigenvalue weighted by atomic mass is 19.4. The van der Waals surface area contributed by atoms with Gasteiger partial charge in [-0.2, -0.15) is 13.2 Å². The number of rotatable bonds is 1. The van der Waals surface area contributed by atoms with Crippen LogP contribution in [0.15, 0.2) is 18.3 Å². The third-order valence-electron chi connectivity index (χ3n) is 2.18. The average Bonchev–Trinajstić information content (AvgIpc) is 2.58. The Bertz CT molecular complexity index is 557. The molecule has 2 aromatic heterocycles. The van der Waals surface area contributed by atoms with E-state index in [4.69, 9.17) is 0 Å². The monoisotopic (exact) mass is 228 g/mol. The molecule has 6 heteroatoms. The van der Waals surface area contributed by atoms with Crippen molar-refractivity contribution < 1.29 is 18.0 Å². The van der Waals surface area contributed by atoms with Crippen molar-refractivity contribution in [3.63, 3.8) is 0 Å². The second-order valence-corrected chi connectivity index (χ2v) is 3.40. The van der Waals surface area contributed by atoms with Crippen LogP contribution in [0.5, 0.6) is 0 Å². The molecule has 0 atom stereocenters. The molecule has 0 fully saturated rings. The van der Waals surface area contributed by atoms with Gasteiger partial charge in [-0.15, -0.1) is 0 Å². The Labute approximate surface area is 88.3 Å². The van der Waals surface area contributed by atoms with E-state index in [1.807, 2.05) is 0 Å². The molecule has 0 bridgehead atoms. The third-order valence-corrected chi connectivity index (χ3v) is 2.18. The lowest BCUT2D eigenvalue weighted by Gasteiger charge is -2.04.